The molecule has 0 amide bonds. The highest BCUT2D eigenvalue weighted by atomic mass is 15.3. The van der Waals surface area contributed by atoms with Gasteiger partial charge in [0.1, 0.15) is 11.6 Å². The number of rotatable bonds is 3. The Bertz CT molecular complexity index is 607. The second-order valence-electron chi connectivity index (χ2n) is 4.98. The number of hydrogen-bond donors (Lipinski definition) is 3. The third kappa shape index (κ3) is 2.75. The zero-order valence-electron chi connectivity index (χ0n) is 12.1. The lowest BCUT2D eigenvalue weighted by Crippen LogP contribution is -2.44. The number of nitrogens with two attached hydrogens (primary N) is 1. The smallest absolute Gasteiger partial charge is 0.226 e. The van der Waals surface area contributed by atoms with Crippen molar-refractivity contribution in [2.45, 2.75) is 0 Å². The van der Waals surface area contributed by atoms with Crippen LogP contribution in [-0.4, -0.2) is 43.2 Å². The Labute approximate surface area is 124 Å². The molecule has 3 rings (SSSR count). The van der Waals surface area contributed by atoms with E-state index in [4.69, 9.17) is 5.73 Å². The Morgan fingerprint density at radius 3 is 2.52 bits per heavy atom. The molecule has 0 bridgehead atoms. The van der Waals surface area contributed by atoms with Gasteiger partial charge in [-0.05, 0) is 5.56 Å². The van der Waals surface area contributed by atoms with Crippen LogP contribution in [0.15, 0.2) is 30.3 Å². The van der Waals surface area contributed by atoms with Gasteiger partial charge in [0.05, 0.1) is 5.56 Å². The first-order chi connectivity index (χ1) is 10.3. The van der Waals surface area contributed by atoms with Gasteiger partial charge in [-0.25, -0.2) is 0 Å². The molecule has 1 aliphatic heterocycles. The fourth-order valence-corrected chi connectivity index (χ4v) is 2.56. The number of benzene rings is 1. The Hall–Kier alpha value is -2.34. The molecule has 0 unspecified atom stereocenters. The van der Waals surface area contributed by atoms with Crippen LogP contribution in [-0.2, 0) is 0 Å². The summed E-state index contributed by atoms with van der Waals surface area (Å²) >= 11 is 0. The van der Waals surface area contributed by atoms with Crippen LogP contribution in [0.2, 0.25) is 0 Å². The first kappa shape index (κ1) is 13.6. The Balaban J connectivity index is 2.12. The van der Waals surface area contributed by atoms with Crippen molar-refractivity contribution in [2.24, 2.45) is 0 Å². The number of hydrogen-bond acceptors (Lipinski definition) is 6. The number of aromatic nitrogens is 2. The standard InChI is InChI=1S/C15H20N6/c1-17-15-19-13(16)12(11-5-3-2-4-6-11)14(20-15)21-9-7-18-8-10-21/h2-6,18H,7-10H2,1H3,(H3,16,17,19,20). The van der Waals surface area contributed by atoms with Gasteiger partial charge in [-0.2, -0.15) is 9.97 Å². The largest absolute Gasteiger partial charge is 0.383 e. The molecule has 0 radical (unpaired) electrons. The Kier molecular flexibility index (Phi) is 3.87. The lowest BCUT2D eigenvalue weighted by Gasteiger charge is -2.30. The van der Waals surface area contributed by atoms with Crippen LogP contribution in [0.5, 0.6) is 0 Å². The first-order valence-corrected chi connectivity index (χ1v) is 7.16. The van der Waals surface area contributed by atoms with Gasteiger partial charge in [0.2, 0.25) is 5.95 Å². The maximum absolute atomic E-state index is 6.20. The summed E-state index contributed by atoms with van der Waals surface area (Å²) in [5.41, 5.74) is 8.16. The topological polar surface area (TPSA) is 79.1 Å². The molecule has 1 fully saturated rings. The van der Waals surface area contributed by atoms with Crippen molar-refractivity contribution in [2.75, 3.05) is 49.2 Å². The Morgan fingerprint density at radius 2 is 1.86 bits per heavy atom. The van der Waals surface area contributed by atoms with Crippen LogP contribution in [0.25, 0.3) is 11.1 Å². The van der Waals surface area contributed by atoms with Crippen molar-refractivity contribution >= 4 is 17.6 Å². The van der Waals surface area contributed by atoms with E-state index in [9.17, 15) is 0 Å². The van der Waals surface area contributed by atoms with Crippen molar-refractivity contribution in [3.05, 3.63) is 30.3 Å². The highest BCUT2D eigenvalue weighted by molar-refractivity contribution is 5.85. The molecular formula is C15H20N6. The van der Waals surface area contributed by atoms with Crippen molar-refractivity contribution in [1.82, 2.24) is 15.3 Å². The number of piperazine rings is 1. The monoisotopic (exact) mass is 284 g/mol. The zero-order chi connectivity index (χ0) is 14.7. The van der Waals surface area contributed by atoms with Crippen LogP contribution in [0.1, 0.15) is 0 Å². The van der Waals surface area contributed by atoms with Crippen LogP contribution in [0.4, 0.5) is 17.6 Å². The molecule has 110 valence electrons. The van der Waals surface area contributed by atoms with Crippen LogP contribution in [0.3, 0.4) is 0 Å². The molecule has 0 saturated carbocycles. The molecular weight excluding hydrogens is 264 g/mol. The predicted octanol–water partition coefficient (Wildman–Crippen LogP) is 1.18. The fourth-order valence-electron chi connectivity index (χ4n) is 2.56. The molecule has 2 aromatic rings. The first-order valence-electron chi connectivity index (χ1n) is 7.16. The molecule has 6 nitrogen and oxygen atoms in total. The van der Waals surface area contributed by atoms with Gasteiger partial charge in [0.25, 0.3) is 0 Å². The van der Waals surface area contributed by atoms with Gasteiger partial charge < -0.3 is 21.3 Å². The molecule has 6 heteroatoms. The van der Waals surface area contributed by atoms with E-state index in [0.717, 1.165) is 43.1 Å². The maximum Gasteiger partial charge on any atom is 0.226 e. The molecule has 1 aromatic heterocycles. The molecule has 1 aromatic carbocycles. The third-order valence-electron chi connectivity index (χ3n) is 3.62. The number of anilines is 3. The molecule has 1 aliphatic rings. The molecule has 21 heavy (non-hydrogen) atoms. The summed E-state index contributed by atoms with van der Waals surface area (Å²) in [6.45, 7) is 3.74. The van der Waals surface area contributed by atoms with E-state index in [2.05, 4.69) is 25.5 Å². The second-order valence-corrected chi connectivity index (χ2v) is 4.98. The van der Waals surface area contributed by atoms with E-state index in [1.165, 1.54) is 0 Å². The highest BCUT2D eigenvalue weighted by Crippen LogP contribution is 2.34. The normalized spacial score (nSPS) is 15.0. The average molecular weight is 284 g/mol. The van der Waals surface area contributed by atoms with E-state index in [0.29, 0.717) is 11.8 Å². The summed E-state index contributed by atoms with van der Waals surface area (Å²) < 4.78 is 0. The van der Waals surface area contributed by atoms with Gasteiger partial charge in [0, 0.05) is 33.2 Å². The third-order valence-corrected chi connectivity index (χ3v) is 3.62. The molecule has 0 spiro atoms. The summed E-state index contributed by atoms with van der Waals surface area (Å²) in [6, 6.07) is 10.1. The number of nitrogens with zero attached hydrogens (tertiary/aromatic N) is 3. The minimum atomic E-state index is 0.508. The van der Waals surface area contributed by atoms with E-state index < -0.39 is 0 Å². The highest BCUT2D eigenvalue weighted by Gasteiger charge is 2.20. The summed E-state index contributed by atoms with van der Waals surface area (Å²) in [6.07, 6.45) is 0. The lowest BCUT2D eigenvalue weighted by molar-refractivity contribution is 0.585. The fraction of sp³-hybridized carbons (Fsp3) is 0.333. The quantitative estimate of drug-likeness (QED) is 0.785. The molecule has 0 aliphatic carbocycles. The second kappa shape index (κ2) is 5.97. The zero-order valence-corrected chi connectivity index (χ0v) is 12.1. The van der Waals surface area contributed by atoms with Crippen molar-refractivity contribution < 1.29 is 0 Å². The van der Waals surface area contributed by atoms with E-state index >= 15 is 0 Å². The van der Waals surface area contributed by atoms with Gasteiger partial charge in [-0.15, -0.1) is 0 Å². The number of nitrogens with one attached hydrogen (secondary N) is 2. The van der Waals surface area contributed by atoms with Crippen molar-refractivity contribution in [3.8, 4) is 11.1 Å². The van der Waals surface area contributed by atoms with E-state index in [1.807, 2.05) is 30.3 Å². The summed E-state index contributed by atoms with van der Waals surface area (Å²) in [5, 5.41) is 6.34. The van der Waals surface area contributed by atoms with Gasteiger partial charge in [-0.3, -0.25) is 0 Å². The molecule has 0 atom stereocenters. The van der Waals surface area contributed by atoms with Gasteiger partial charge in [-0.1, -0.05) is 30.3 Å². The number of nitrogen functional groups attached to an aromatic ring is 1. The molecule has 4 N–H and O–H groups in total. The minimum Gasteiger partial charge on any atom is -0.383 e. The van der Waals surface area contributed by atoms with E-state index in [-0.39, 0.29) is 0 Å². The SMILES string of the molecule is CNc1nc(N)c(-c2ccccc2)c(N2CCNCC2)n1. The summed E-state index contributed by atoms with van der Waals surface area (Å²) in [4.78, 5) is 11.2. The summed E-state index contributed by atoms with van der Waals surface area (Å²) in [7, 11) is 1.80. The average Bonchev–Trinajstić information content (AvgIpc) is 2.55. The molecule has 1 saturated heterocycles. The van der Waals surface area contributed by atoms with Crippen molar-refractivity contribution in [1.29, 1.82) is 0 Å². The Morgan fingerprint density at radius 1 is 1.14 bits per heavy atom. The lowest BCUT2D eigenvalue weighted by atomic mass is 10.1. The van der Waals surface area contributed by atoms with E-state index in [1.54, 1.807) is 7.05 Å². The predicted molar refractivity (Wildman–Crippen MR) is 86.5 cm³/mol. The minimum absolute atomic E-state index is 0.508. The van der Waals surface area contributed by atoms with Gasteiger partial charge in [0.15, 0.2) is 0 Å². The van der Waals surface area contributed by atoms with Crippen LogP contribution in [0, 0.1) is 0 Å². The van der Waals surface area contributed by atoms with Gasteiger partial charge >= 0.3 is 0 Å². The maximum atomic E-state index is 6.20. The van der Waals surface area contributed by atoms with Crippen LogP contribution < -0.4 is 21.3 Å². The van der Waals surface area contributed by atoms with Crippen molar-refractivity contribution in [3.63, 3.8) is 0 Å². The summed E-state index contributed by atoms with van der Waals surface area (Å²) in [5.74, 6) is 1.97. The molecule has 2 heterocycles. The van der Waals surface area contributed by atoms with Crippen LogP contribution >= 0.6 is 0 Å².